The number of nitrogens with zero attached hydrogens (tertiary/aromatic N) is 3. The smallest absolute Gasteiger partial charge is 0.292 e. The molecule has 1 amide bonds. The molecule has 1 N–H and O–H groups in total. The fourth-order valence-corrected chi connectivity index (χ4v) is 5.22. The second-order valence-corrected chi connectivity index (χ2v) is 9.96. The highest BCUT2D eigenvalue weighted by atomic mass is 32.2. The predicted molar refractivity (Wildman–Crippen MR) is 122 cm³/mol. The summed E-state index contributed by atoms with van der Waals surface area (Å²) in [4.78, 5) is 37.7. The van der Waals surface area contributed by atoms with E-state index in [-0.39, 0.29) is 16.8 Å². The molecule has 0 atom stereocenters. The average molecular weight is 525 g/mol. The van der Waals surface area contributed by atoms with Crippen LogP contribution in [0.15, 0.2) is 64.2 Å². The maximum Gasteiger partial charge on any atom is 0.431 e. The third kappa shape index (κ3) is 4.88. The number of hydrogen-bond acceptors (Lipinski definition) is 7. The Labute approximate surface area is 199 Å². The van der Waals surface area contributed by atoms with E-state index in [9.17, 15) is 36.0 Å². The Morgan fingerprint density at radius 1 is 1.09 bits per heavy atom. The Balaban J connectivity index is 1.73. The van der Waals surface area contributed by atoms with Crippen molar-refractivity contribution in [3.05, 3.63) is 92.4 Å². The van der Waals surface area contributed by atoms with Gasteiger partial charge < -0.3 is 0 Å². The van der Waals surface area contributed by atoms with Crippen LogP contribution < -0.4 is 16.0 Å². The molecule has 2 aromatic carbocycles. The summed E-state index contributed by atoms with van der Waals surface area (Å²) >= 11 is 0.868. The van der Waals surface area contributed by atoms with E-state index in [0.717, 1.165) is 18.6 Å². The summed E-state index contributed by atoms with van der Waals surface area (Å²) < 4.78 is 71.4. The molecule has 9 nitrogen and oxygen atoms in total. The van der Waals surface area contributed by atoms with Crippen molar-refractivity contribution in [3.8, 4) is 5.69 Å². The molecule has 0 aliphatic carbocycles. The monoisotopic (exact) mass is 524 g/mol. The van der Waals surface area contributed by atoms with Crippen LogP contribution in [0, 0.1) is 0 Å². The van der Waals surface area contributed by atoms with Gasteiger partial charge in [-0.1, -0.05) is 30.3 Å². The minimum absolute atomic E-state index is 0.113. The van der Waals surface area contributed by atoms with Crippen LogP contribution in [-0.2, 0) is 29.0 Å². The Kier molecular flexibility index (Phi) is 6.11. The zero-order chi connectivity index (χ0) is 25.5. The SMILES string of the molecule is Cn1c(C(F)(F)F)cc(=O)n(-c2ccc3snc(C(=O)NS(=O)(=O)Cc4ccccc4)c3c2)c1=O. The van der Waals surface area contributed by atoms with E-state index in [0.29, 0.717) is 25.5 Å². The maximum absolute atomic E-state index is 13.1. The van der Waals surface area contributed by atoms with Gasteiger partial charge in [-0.2, -0.15) is 17.5 Å². The van der Waals surface area contributed by atoms with Crippen LogP contribution in [0.4, 0.5) is 13.2 Å². The Morgan fingerprint density at radius 3 is 2.43 bits per heavy atom. The van der Waals surface area contributed by atoms with E-state index in [4.69, 9.17) is 0 Å². The number of carbonyl (C=O) groups is 1. The van der Waals surface area contributed by atoms with Crippen LogP contribution in [0.3, 0.4) is 0 Å². The van der Waals surface area contributed by atoms with Gasteiger partial charge in [0.05, 0.1) is 16.1 Å². The van der Waals surface area contributed by atoms with E-state index >= 15 is 0 Å². The van der Waals surface area contributed by atoms with E-state index in [2.05, 4.69) is 4.37 Å². The summed E-state index contributed by atoms with van der Waals surface area (Å²) in [6.07, 6.45) is -4.91. The molecular weight excluding hydrogens is 509 g/mol. The van der Waals surface area contributed by atoms with Gasteiger partial charge in [0.25, 0.3) is 11.5 Å². The molecule has 4 aromatic rings. The molecule has 0 unspecified atom stereocenters. The van der Waals surface area contributed by atoms with Gasteiger partial charge in [-0.25, -0.2) is 22.5 Å². The zero-order valence-corrected chi connectivity index (χ0v) is 19.4. The number of carbonyl (C=O) groups excluding carboxylic acids is 1. The standard InChI is InChI=1S/C21H15F3N4O5S2/c1-27-16(21(22,23)24)10-17(29)28(20(27)31)13-7-8-15-14(9-13)18(25-34-15)19(30)26-35(32,33)11-12-5-3-2-4-6-12/h2-10H,11H2,1H3,(H,26,30). The van der Waals surface area contributed by atoms with E-state index in [1.807, 2.05) is 4.72 Å². The number of sulfonamides is 1. The molecule has 0 bridgehead atoms. The summed E-state index contributed by atoms with van der Waals surface area (Å²) in [5.74, 6) is -1.49. The first-order valence-electron chi connectivity index (χ1n) is 9.76. The van der Waals surface area contributed by atoms with E-state index in [1.54, 1.807) is 30.3 Å². The van der Waals surface area contributed by atoms with Crippen molar-refractivity contribution >= 4 is 37.5 Å². The maximum atomic E-state index is 13.1. The van der Waals surface area contributed by atoms with Crippen LogP contribution >= 0.6 is 11.5 Å². The number of rotatable bonds is 5. The minimum atomic E-state index is -4.91. The first-order valence-corrected chi connectivity index (χ1v) is 12.2. The molecule has 2 aromatic heterocycles. The molecule has 2 heterocycles. The second-order valence-electron chi connectivity index (χ2n) is 7.43. The fourth-order valence-electron chi connectivity index (χ4n) is 3.38. The summed E-state index contributed by atoms with van der Waals surface area (Å²) in [5.41, 5.74) is -3.82. The van der Waals surface area contributed by atoms with Crippen molar-refractivity contribution in [2.24, 2.45) is 7.05 Å². The topological polar surface area (TPSA) is 120 Å². The molecular formula is C21H15F3N4O5S2. The summed E-state index contributed by atoms with van der Waals surface area (Å²) in [6, 6.07) is 12.4. The minimum Gasteiger partial charge on any atom is -0.292 e. The molecule has 4 rings (SSSR count). The summed E-state index contributed by atoms with van der Waals surface area (Å²) in [6.45, 7) is 0. The number of benzene rings is 2. The van der Waals surface area contributed by atoms with Crippen LogP contribution in [0.25, 0.3) is 15.8 Å². The normalized spacial score (nSPS) is 12.1. The zero-order valence-electron chi connectivity index (χ0n) is 17.7. The van der Waals surface area contributed by atoms with Crippen molar-refractivity contribution in [1.82, 2.24) is 18.2 Å². The van der Waals surface area contributed by atoms with Gasteiger partial charge in [0.1, 0.15) is 5.69 Å². The van der Waals surface area contributed by atoms with Crippen LogP contribution in [-0.4, -0.2) is 27.8 Å². The lowest BCUT2D eigenvalue weighted by molar-refractivity contribution is -0.144. The van der Waals surface area contributed by atoms with Crippen molar-refractivity contribution in [2.45, 2.75) is 11.9 Å². The number of amides is 1. The Bertz CT molecular complexity index is 1670. The van der Waals surface area contributed by atoms with Gasteiger partial charge in [0.2, 0.25) is 10.0 Å². The number of hydrogen-bond donors (Lipinski definition) is 1. The predicted octanol–water partition coefficient (Wildman–Crippen LogP) is 2.42. The number of aromatic nitrogens is 3. The molecule has 182 valence electrons. The molecule has 0 spiro atoms. The molecule has 35 heavy (non-hydrogen) atoms. The molecule has 0 aliphatic heterocycles. The molecule has 14 heteroatoms. The van der Waals surface area contributed by atoms with Crippen LogP contribution in [0.1, 0.15) is 21.7 Å². The third-order valence-electron chi connectivity index (χ3n) is 4.99. The first-order chi connectivity index (χ1) is 16.4. The Morgan fingerprint density at radius 2 is 1.77 bits per heavy atom. The second kappa shape index (κ2) is 8.78. The number of alkyl halides is 3. The van der Waals surface area contributed by atoms with Gasteiger partial charge in [0.15, 0.2) is 5.69 Å². The molecule has 0 saturated carbocycles. The number of fused-ring (bicyclic) bond motifs is 1. The average Bonchev–Trinajstić information content (AvgIpc) is 3.19. The van der Waals surface area contributed by atoms with Crippen molar-refractivity contribution in [3.63, 3.8) is 0 Å². The van der Waals surface area contributed by atoms with Gasteiger partial charge in [-0.05, 0) is 35.3 Å². The van der Waals surface area contributed by atoms with Gasteiger partial charge in [-0.15, -0.1) is 0 Å². The number of nitrogens with one attached hydrogen (secondary N) is 1. The fraction of sp³-hybridized carbons (Fsp3) is 0.143. The van der Waals surface area contributed by atoms with E-state index in [1.165, 1.54) is 18.2 Å². The largest absolute Gasteiger partial charge is 0.431 e. The summed E-state index contributed by atoms with van der Waals surface area (Å²) in [5, 5.41) is 0.119. The highest BCUT2D eigenvalue weighted by molar-refractivity contribution is 7.89. The molecule has 0 fully saturated rings. The lowest BCUT2D eigenvalue weighted by Gasteiger charge is -2.14. The highest BCUT2D eigenvalue weighted by Gasteiger charge is 2.35. The lowest BCUT2D eigenvalue weighted by atomic mass is 10.2. The highest BCUT2D eigenvalue weighted by Crippen LogP contribution is 2.28. The van der Waals surface area contributed by atoms with E-state index < -0.39 is 44.8 Å². The molecule has 0 radical (unpaired) electrons. The first kappa shape index (κ1) is 24.3. The molecule has 0 saturated heterocycles. The van der Waals surface area contributed by atoms with Gasteiger partial charge >= 0.3 is 11.9 Å². The van der Waals surface area contributed by atoms with Crippen molar-refractivity contribution in [1.29, 1.82) is 0 Å². The quantitative estimate of drug-likeness (QED) is 0.428. The van der Waals surface area contributed by atoms with Crippen molar-refractivity contribution < 1.29 is 26.4 Å². The van der Waals surface area contributed by atoms with Crippen LogP contribution in [0.2, 0.25) is 0 Å². The lowest BCUT2D eigenvalue weighted by Crippen LogP contribution is -2.40. The number of halogens is 3. The van der Waals surface area contributed by atoms with Gasteiger partial charge in [-0.3, -0.25) is 14.2 Å². The van der Waals surface area contributed by atoms with Crippen LogP contribution in [0.5, 0.6) is 0 Å². The van der Waals surface area contributed by atoms with Crippen molar-refractivity contribution in [2.75, 3.05) is 0 Å². The van der Waals surface area contributed by atoms with Gasteiger partial charge in [0, 0.05) is 18.5 Å². The summed E-state index contributed by atoms with van der Waals surface area (Å²) in [7, 11) is -3.20. The molecule has 0 aliphatic rings. The third-order valence-corrected chi connectivity index (χ3v) is 7.02. The Hall–Kier alpha value is -3.78.